The molecule has 1 heterocycles. The third kappa shape index (κ3) is 4.37. The number of benzene rings is 1. The molecular formula is C16H15F3N2O3. The maximum absolute atomic E-state index is 12.4. The molecule has 0 spiro atoms. The number of nitrogens with zero attached hydrogens (tertiary/aromatic N) is 2. The fourth-order valence-corrected chi connectivity index (χ4v) is 2.09. The van der Waals surface area contributed by atoms with Crippen molar-refractivity contribution in [1.82, 2.24) is 9.47 Å². The first kappa shape index (κ1) is 17.6. The molecule has 2 aromatic rings. The number of aromatic nitrogens is 1. The Balaban J connectivity index is 2.20. The summed E-state index contributed by atoms with van der Waals surface area (Å²) in [4.78, 5) is 25.1. The van der Waals surface area contributed by atoms with Gasteiger partial charge in [0.2, 0.25) is 0 Å². The summed E-state index contributed by atoms with van der Waals surface area (Å²) in [6, 6.07) is 8.23. The molecule has 0 radical (unpaired) electrons. The monoisotopic (exact) mass is 340 g/mol. The minimum absolute atomic E-state index is 0.0969. The molecule has 1 aromatic carbocycles. The van der Waals surface area contributed by atoms with E-state index in [9.17, 15) is 22.8 Å². The highest BCUT2D eigenvalue weighted by Crippen LogP contribution is 2.27. The lowest BCUT2D eigenvalue weighted by molar-refractivity contribution is -0.274. The normalized spacial score (nSPS) is 11.2. The molecule has 0 fully saturated rings. The SMILES string of the molecule is CN(Cc1ccccc1OC(F)(F)F)C(=O)c1ccn(C)c(=O)c1. The Morgan fingerprint density at radius 3 is 2.54 bits per heavy atom. The van der Waals surface area contributed by atoms with E-state index >= 15 is 0 Å². The summed E-state index contributed by atoms with van der Waals surface area (Å²) in [5.74, 6) is -0.844. The van der Waals surface area contributed by atoms with Crippen LogP contribution in [0, 0.1) is 0 Å². The van der Waals surface area contributed by atoms with Gasteiger partial charge in [-0.25, -0.2) is 0 Å². The summed E-state index contributed by atoms with van der Waals surface area (Å²) in [6.07, 6.45) is -3.37. The van der Waals surface area contributed by atoms with Gasteiger partial charge < -0.3 is 14.2 Å². The molecule has 1 amide bonds. The van der Waals surface area contributed by atoms with Crippen LogP contribution in [0.25, 0.3) is 0 Å². The number of carbonyl (C=O) groups is 1. The van der Waals surface area contributed by atoms with E-state index in [0.29, 0.717) is 0 Å². The molecular weight excluding hydrogens is 325 g/mol. The van der Waals surface area contributed by atoms with Crippen molar-refractivity contribution >= 4 is 5.91 Å². The number of pyridine rings is 1. The van der Waals surface area contributed by atoms with E-state index < -0.39 is 12.3 Å². The number of hydrogen-bond donors (Lipinski definition) is 0. The van der Waals surface area contributed by atoms with Crippen molar-refractivity contribution in [3.05, 3.63) is 64.1 Å². The van der Waals surface area contributed by atoms with Gasteiger partial charge in [-0.05, 0) is 12.1 Å². The summed E-state index contributed by atoms with van der Waals surface area (Å²) in [7, 11) is 2.98. The number of para-hydroxylation sites is 1. The van der Waals surface area contributed by atoms with Crippen molar-refractivity contribution in [1.29, 1.82) is 0 Å². The van der Waals surface area contributed by atoms with E-state index in [1.807, 2.05) is 0 Å². The van der Waals surface area contributed by atoms with Crippen LogP contribution in [0.1, 0.15) is 15.9 Å². The molecule has 128 valence electrons. The van der Waals surface area contributed by atoms with E-state index in [1.165, 1.54) is 53.0 Å². The van der Waals surface area contributed by atoms with Crippen LogP contribution in [-0.4, -0.2) is 28.8 Å². The molecule has 0 bridgehead atoms. The second kappa shape index (κ2) is 6.77. The number of ether oxygens (including phenoxy) is 1. The average Bonchev–Trinajstić information content (AvgIpc) is 2.49. The smallest absolute Gasteiger partial charge is 0.405 e. The number of halogens is 3. The standard InChI is InChI=1S/C16H15F3N2O3/c1-20-8-7-11(9-14(20)22)15(23)21(2)10-12-5-3-4-6-13(12)24-16(17,18)19/h3-9H,10H2,1-2H3. The third-order valence-electron chi connectivity index (χ3n) is 3.30. The zero-order valence-corrected chi connectivity index (χ0v) is 13.0. The largest absolute Gasteiger partial charge is 0.573 e. The molecule has 0 N–H and O–H groups in total. The van der Waals surface area contributed by atoms with Gasteiger partial charge in [-0.2, -0.15) is 0 Å². The maximum Gasteiger partial charge on any atom is 0.573 e. The zero-order valence-electron chi connectivity index (χ0n) is 13.0. The van der Waals surface area contributed by atoms with Crippen molar-refractivity contribution in [2.24, 2.45) is 7.05 Å². The number of hydrogen-bond acceptors (Lipinski definition) is 3. The highest BCUT2D eigenvalue weighted by molar-refractivity contribution is 5.93. The van der Waals surface area contributed by atoms with Gasteiger partial charge >= 0.3 is 6.36 Å². The Hall–Kier alpha value is -2.77. The van der Waals surface area contributed by atoms with Gasteiger partial charge in [-0.3, -0.25) is 9.59 Å². The lowest BCUT2D eigenvalue weighted by Gasteiger charge is -2.20. The molecule has 0 saturated carbocycles. The van der Waals surface area contributed by atoms with E-state index in [0.717, 1.165) is 0 Å². The number of amides is 1. The van der Waals surface area contributed by atoms with Gasteiger partial charge in [-0.15, -0.1) is 13.2 Å². The predicted molar refractivity (Wildman–Crippen MR) is 80.6 cm³/mol. The Bertz CT molecular complexity index is 800. The zero-order chi connectivity index (χ0) is 17.9. The van der Waals surface area contributed by atoms with E-state index in [1.54, 1.807) is 13.1 Å². The Morgan fingerprint density at radius 2 is 1.92 bits per heavy atom. The fourth-order valence-electron chi connectivity index (χ4n) is 2.09. The van der Waals surface area contributed by atoms with Crippen LogP contribution in [0.2, 0.25) is 0 Å². The third-order valence-corrected chi connectivity index (χ3v) is 3.30. The van der Waals surface area contributed by atoms with E-state index in [4.69, 9.17) is 0 Å². The summed E-state index contributed by atoms with van der Waals surface area (Å²) in [5.41, 5.74) is 0.0133. The predicted octanol–water partition coefficient (Wildman–Crippen LogP) is 2.56. The number of alkyl halides is 3. The van der Waals surface area contributed by atoms with Crippen LogP contribution >= 0.6 is 0 Å². The Kier molecular flexibility index (Phi) is 4.96. The van der Waals surface area contributed by atoms with Gasteiger partial charge in [0.1, 0.15) is 5.75 Å². The first-order valence-corrected chi connectivity index (χ1v) is 6.93. The van der Waals surface area contributed by atoms with E-state index in [-0.39, 0.29) is 29.0 Å². The lowest BCUT2D eigenvalue weighted by atomic mass is 10.1. The topological polar surface area (TPSA) is 51.5 Å². The van der Waals surface area contributed by atoms with Crippen molar-refractivity contribution < 1.29 is 22.7 Å². The van der Waals surface area contributed by atoms with Gasteiger partial charge in [0.25, 0.3) is 11.5 Å². The molecule has 24 heavy (non-hydrogen) atoms. The molecule has 2 rings (SSSR count). The molecule has 1 aromatic heterocycles. The van der Waals surface area contributed by atoms with Crippen LogP contribution in [0.5, 0.6) is 5.75 Å². The van der Waals surface area contributed by atoms with E-state index in [2.05, 4.69) is 4.74 Å². The van der Waals surface area contributed by atoms with Crippen LogP contribution in [0.15, 0.2) is 47.4 Å². The maximum atomic E-state index is 12.4. The molecule has 0 saturated heterocycles. The summed E-state index contributed by atoms with van der Waals surface area (Å²) >= 11 is 0. The van der Waals surface area contributed by atoms with Crippen LogP contribution in [0.3, 0.4) is 0 Å². The molecule has 8 heteroatoms. The second-order valence-electron chi connectivity index (χ2n) is 5.18. The molecule has 0 aliphatic rings. The lowest BCUT2D eigenvalue weighted by Crippen LogP contribution is -2.28. The van der Waals surface area contributed by atoms with Crippen LogP contribution < -0.4 is 10.3 Å². The highest BCUT2D eigenvalue weighted by Gasteiger charge is 2.32. The number of aryl methyl sites for hydroxylation is 1. The summed E-state index contributed by atoms with van der Waals surface area (Å²) in [6.45, 7) is -0.0969. The molecule has 0 aliphatic carbocycles. The van der Waals surface area contributed by atoms with Gasteiger partial charge in [0, 0.05) is 44.0 Å². The minimum atomic E-state index is -4.82. The Labute approximate surface area is 135 Å². The van der Waals surface area contributed by atoms with Crippen LogP contribution in [0.4, 0.5) is 13.2 Å². The van der Waals surface area contributed by atoms with Crippen molar-refractivity contribution in [2.45, 2.75) is 12.9 Å². The molecule has 0 aliphatic heterocycles. The highest BCUT2D eigenvalue weighted by atomic mass is 19.4. The van der Waals surface area contributed by atoms with Crippen molar-refractivity contribution in [3.63, 3.8) is 0 Å². The minimum Gasteiger partial charge on any atom is -0.405 e. The molecule has 0 atom stereocenters. The van der Waals surface area contributed by atoms with Crippen molar-refractivity contribution in [2.75, 3.05) is 7.05 Å². The van der Waals surface area contributed by atoms with Gasteiger partial charge in [0.05, 0.1) is 0 Å². The molecule has 5 nitrogen and oxygen atoms in total. The first-order chi connectivity index (χ1) is 11.2. The Morgan fingerprint density at radius 1 is 1.25 bits per heavy atom. The average molecular weight is 340 g/mol. The summed E-state index contributed by atoms with van der Waals surface area (Å²) < 4.78 is 42.5. The summed E-state index contributed by atoms with van der Waals surface area (Å²) in [5, 5.41) is 0. The quantitative estimate of drug-likeness (QED) is 0.860. The van der Waals surface area contributed by atoms with Crippen molar-refractivity contribution in [3.8, 4) is 5.75 Å². The van der Waals surface area contributed by atoms with Crippen LogP contribution in [-0.2, 0) is 13.6 Å². The number of rotatable bonds is 4. The molecule has 0 unspecified atom stereocenters. The second-order valence-corrected chi connectivity index (χ2v) is 5.18. The van der Waals surface area contributed by atoms with Gasteiger partial charge in [-0.1, -0.05) is 18.2 Å². The first-order valence-electron chi connectivity index (χ1n) is 6.93. The fraction of sp³-hybridized carbons (Fsp3) is 0.250. The van der Waals surface area contributed by atoms with Gasteiger partial charge in [0.15, 0.2) is 0 Å². The number of carbonyl (C=O) groups excluding carboxylic acids is 1.